The molecule has 2 aromatic rings. The highest BCUT2D eigenvalue weighted by Crippen LogP contribution is 2.30. The first-order valence-corrected chi connectivity index (χ1v) is 7.20. The molecular weight excluding hydrogens is 282 g/mol. The Morgan fingerprint density at radius 3 is 2.59 bits per heavy atom. The lowest BCUT2D eigenvalue weighted by atomic mass is 10.3. The Labute approximate surface area is 129 Å². The maximum atomic E-state index is 5.44. The van der Waals surface area contributed by atoms with Crippen LogP contribution in [0, 0.1) is 6.92 Å². The molecule has 0 radical (unpaired) electrons. The molecule has 0 spiro atoms. The molecule has 1 saturated heterocycles. The molecule has 0 aliphatic carbocycles. The van der Waals surface area contributed by atoms with Crippen LogP contribution in [-0.2, 0) is 4.74 Å². The summed E-state index contributed by atoms with van der Waals surface area (Å²) in [7, 11) is 1.62. The molecule has 1 N–H and O–H groups in total. The molecular formula is C15H19N5O2. The minimum absolute atomic E-state index is 0.647. The van der Waals surface area contributed by atoms with E-state index < -0.39 is 0 Å². The van der Waals surface area contributed by atoms with Gasteiger partial charge in [0, 0.05) is 31.2 Å². The van der Waals surface area contributed by atoms with Gasteiger partial charge in [-0.05, 0) is 19.1 Å². The molecule has 1 aliphatic heterocycles. The summed E-state index contributed by atoms with van der Waals surface area (Å²) < 4.78 is 10.8. The number of nitrogens with one attached hydrogen (secondary N) is 1. The van der Waals surface area contributed by atoms with Gasteiger partial charge in [-0.1, -0.05) is 0 Å². The summed E-state index contributed by atoms with van der Waals surface area (Å²) >= 11 is 0. The van der Waals surface area contributed by atoms with E-state index in [1.807, 2.05) is 19.1 Å². The fourth-order valence-electron chi connectivity index (χ4n) is 2.35. The van der Waals surface area contributed by atoms with Crippen LogP contribution in [0.15, 0.2) is 24.5 Å². The monoisotopic (exact) mass is 301 g/mol. The molecule has 0 amide bonds. The van der Waals surface area contributed by atoms with Crippen LogP contribution in [0.3, 0.4) is 0 Å². The van der Waals surface area contributed by atoms with Crippen LogP contribution in [0.5, 0.6) is 5.75 Å². The second-order valence-electron chi connectivity index (χ2n) is 4.95. The number of aryl methyl sites for hydroxylation is 1. The van der Waals surface area contributed by atoms with Gasteiger partial charge >= 0.3 is 0 Å². The molecule has 1 fully saturated rings. The van der Waals surface area contributed by atoms with Crippen LogP contribution < -0.4 is 15.0 Å². The van der Waals surface area contributed by atoms with E-state index in [4.69, 9.17) is 9.47 Å². The van der Waals surface area contributed by atoms with Gasteiger partial charge in [0.2, 0.25) is 5.95 Å². The standard InChI is InChI=1S/C15H19N5O2/c1-11-13(21-2)14(18-12-3-5-16-6-4-12)19-15(17-11)20-7-9-22-10-8-20/h3-6H,7-10H2,1-2H3,(H,16,17,18,19). The summed E-state index contributed by atoms with van der Waals surface area (Å²) in [6, 6.07) is 3.76. The van der Waals surface area contributed by atoms with E-state index in [0.29, 0.717) is 30.7 Å². The normalized spacial score (nSPS) is 14.7. The first kappa shape index (κ1) is 14.5. The lowest BCUT2D eigenvalue weighted by Crippen LogP contribution is -2.37. The Kier molecular flexibility index (Phi) is 4.34. The third-order valence-electron chi connectivity index (χ3n) is 3.46. The molecule has 7 heteroatoms. The van der Waals surface area contributed by atoms with Crippen molar-refractivity contribution in [1.82, 2.24) is 15.0 Å². The molecule has 0 saturated carbocycles. The number of ether oxygens (including phenoxy) is 2. The minimum atomic E-state index is 0.647. The summed E-state index contributed by atoms with van der Waals surface area (Å²) in [6.45, 7) is 4.90. The zero-order valence-corrected chi connectivity index (χ0v) is 12.7. The van der Waals surface area contributed by atoms with Crippen molar-refractivity contribution in [2.24, 2.45) is 0 Å². The number of hydrogen-bond donors (Lipinski definition) is 1. The molecule has 3 rings (SSSR count). The van der Waals surface area contributed by atoms with Gasteiger partial charge in [-0.3, -0.25) is 4.98 Å². The van der Waals surface area contributed by atoms with Gasteiger partial charge in [-0.25, -0.2) is 4.98 Å². The van der Waals surface area contributed by atoms with E-state index in [9.17, 15) is 0 Å². The Bertz CT molecular complexity index is 629. The number of morpholine rings is 1. The van der Waals surface area contributed by atoms with Gasteiger partial charge in [0.15, 0.2) is 11.6 Å². The van der Waals surface area contributed by atoms with Crippen molar-refractivity contribution in [1.29, 1.82) is 0 Å². The van der Waals surface area contributed by atoms with Crippen molar-refractivity contribution in [3.8, 4) is 5.75 Å². The van der Waals surface area contributed by atoms with E-state index in [0.717, 1.165) is 24.5 Å². The molecule has 0 aromatic carbocycles. The van der Waals surface area contributed by atoms with Crippen LogP contribution in [-0.4, -0.2) is 48.4 Å². The first-order valence-electron chi connectivity index (χ1n) is 7.20. The molecule has 1 aliphatic rings. The summed E-state index contributed by atoms with van der Waals surface area (Å²) in [6.07, 6.45) is 3.46. The average molecular weight is 301 g/mol. The van der Waals surface area contributed by atoms with Crippen molar-refractivity contribution in [3.05, 3.63) is 30.2 Å². The summed E-state index contributed by atoms with van der Waals surface area (Å²) in [4.78, 5) is 15.3. The quantitative estimate of drug-likeness (QED) is 0.922. The topological polar surface area (TPSA) is 72.4 Å². The maximum Gasteiger partial charge on any atom is 0.227 e. The van der Waals surface area contributed by atoms with E-state index in [1.165, 1.54) is 0 Å². The highest BCUT2D eigenvalue weighted by Gasteiger charge is 2.18. The Hall–Kier alpha value is -2.41. The average Bonchev–Trinajstić information content (AvgIpc) is 2.56. The highest BCUT2D eigenvalue weighted by atomic mass is 16.5. The second kappa shape index (κ2) is 6.57. The van der Waals surface area contributed by atoms with Crippen LogP contribution in [0.2, 0.25) is 0 Å². The van der Waals surface area contributed by atoms with Crippen molar-refractivity contribution in [2.45, 2.75) is 6.92 Å². The van der Waals surface area contributed by atoms with E-state index in [2.05, 4.69) is 25.2 Å². The zero-order chi connectivity index (χ0) is 15.4. The van der Waals surface area contributed by atoms with Crippen LogP contribution in [0.1, 0.15) is 5.69 Å². The van der Waals surface area contributed by atoms with Gasteiger partial charge in [0.25, 0.3) is 0 Å². The fraction of sp³-hybridized carbons (Fsp3) is 0.400. The summed E-state index contributed by atoms with van der Waals surface area (Å²) in [5.74, 6) is 2.00. The van der Waals surface area contributed by atoms with Gasteiger partial charge in [0.05, 0.1) is 26.0 Å². The molecule has 2 aromatic heterocycles. The van der Waals surface area contributed by atoms with Gasteiger partial charge < -0.3 is 19.7 Å². The Balaban J connectivity index is 1.93. The minimum Gasteiger partial charge on any atom is -0.491 e. The SMILES string of the molecule is COc1c(C)nc(N2CCOCC2)nc1Nc1ccncc1. The zero-order valence-electron chi connectivity index (χ0n) is 12.7. The third kappa shape index (κ3) is 3.09. The molecule has 0 atom stereocenters. The van der Waals surface area contributed by atoms with Crippen LogP contribution in [0.25, 0.3) is 0 Å². The van der Waals surface area contributed by atoms with E-state index in [1.54, 1.807) is 19.5 Å². The largest absolute Gasteiger partial charge is 0.491 e. The van der Waals surface area contributed by atoms with E-state index >= 15 is 0 Å². The molecule has 0 unspecified atom stereocenters. The Morgan fingerprint density at radius 1 is 1.18 bits per heavy atom. The number of hydrogen-bond acceptors (Lipinski definition) is 7. The van der Waals surface area contributed by atoms with Crippen molar-refractivity contribution < 1.29 is 9.47 Å². The van der Waals surface area contributed by atoms with Crippen molar-refractivity contribution >= 4 is 17.5 Å². The second-order valence-corrected chi connectivity index (χ2v) is 4.95. The lowest BCUT2D eigenvalue weighted by molar-refractivity contribution is 0.122. The lowest BCUT2D eigenvalue weighted by Gasteiger charge is -2.27. The van der Waals surface area contributed by atoms with Gasteiger partial charge in [-0.2, -0.15) is 4.98 Å². The molecule has 22 heavy (non-hydrogen) atoms. The van der Waals surface area contributed by atoms with Crippen molar-refractivity contribution in [3.63, 3.8) is 0 Å². The number of rotatable bonds is 4. The molecule has 7 nitrogen and oxygen atoms in total. The van der Waals surface area contributed by atoms with Crippen molar-refractivity contribution in [2.75, 3.05) is 43.6 Å². The fourth-order valence-corrected chi connectivity index (χ4v) is 2.35. The summed E-state index contributed by atoms with van der Waals surface area (Å²) in [5.41, 5.74) is 1.70. The molecule has 116 valence electrons. The number of aromatic nitrogens is 3. The van der Waals surface area contributed by atoms with Gasteiger partial charge in [-0.15, -0.1) is 0 Å². The molecule has 0 bridgehead atoms. The predicted octanol–water partition coefficient (Wildman–Crippen LogP) is 1.77. The predicted molar refractivity (Wildman–Crippen MR) is 83.9 cm³/mol. The number of pyridine rings is 1. The number of nitrogens with zero attached hydrogens (tertiary/aromatic N) is 4. The van der Waals surface area contributed by atoms with Gasteiger partial charge in [0.1, 0.15) is 0 Å². The molecule has 3 heterocycles. The van der Waals surface area contributed by atoms with Crippen LogP contribution >= 0.6 is 0 Å². The van der Waals surface area contributed by atoms with Crippen LogP contribution in [0.4, 0.5) is 17.5 Å². The number of anilines is 3. The highest BCUT2D eigenvalue weighted by molar-refractivity contribution is 5.64. The summed E-state index contributed by atoms with van der Waals surface area (Å²) in [5, 5.41) is 3.27. The number of methoxy groups -OCH3 is 1. The first-order chi connectivity index (χ1) is 10.8. The smallest absolute Gasteiger partial charge is 0.227 e. The third-order valence-corrected chi connectivity index (χ3v) is 3.46. The van der Waals surface area contributed by atoms with E-state index in [-0.39, 0.29) is 0 Å². The maximum absolute atomic E-state index is 5.44. The Morgan fingerprint density at radius 2 is 1.91 bits per heavy atom.